The van der Waals surface area contributed by atoms with Crippen molar-refractivity contribution in [1.29, 1.82) is 0 Å². The fraction of sp³-hybridized carbons (Fsp3) is 0.333. The number of amides is 1. The van der Waals surface area contributed by atoms with Gasteiger partial charge in [0.1, 0.15) is 11.9 Å². The van der Waals surface area contributed by atoms with Crippen molar-refractivity contribution in [3.8, 4) is 0 Å². The summed E-state index contributed by atoms with van der Waals surface area (Å²) >= 11 is 0. The molecule has 3 aromatic rings. The van der Waals surface area contributed by atoms with Crippen molar-refractivity contribution < 1.29 is 19.1 Å². The third-order valence-corrected chi connectivity index (χ3v) is 5.91. The lowest BCUT2D eigenvalue weighted by atomic mass is 10.0. The Morgan fingerprint density at radius 3 is 2.38 bits per heavy atom. The molecule has 2 aromatic carbocycles. The number of hydrogen-bond donors (Lipinski definition) is 3. The molecule has 0 radical (unpaired) electrons. The summed E-state index contributed by atoms with van der Waals surface area (Å²) < 4.78 is 13.2. The van der Waals surface area contributed by atoms with Crippen LogP contribution in [0.3, 0.4) is 0 Å². The molecule has 0 bridgehead atoms. The third kappa shape index (κ3) is 4.45. The van der Waals surface area contributed by atoms with Gasteiger partial charge in [0.2, 0.25) is 5.91 Å². The monoisotopic (exact) mass is 438 g/mol. The zero-order valence-electron chi connectivity index (χ0n) is 18.1. The average molecular weight is 439 g/mol. The molecule has 168 valence electrons. The van der Waals surface area contributed by atoms with Gasteiger partial charge < -0.3 is 20.3 Å². The number of halogens is 1. The van der Waals surface area contributed by atoms with E-state index in [9.17, 15) is 19.1 Å². The summed E-state index contributed by atoms with van der Waals surface area (Å²) in [4.78, 5) is 31.6. The molecule has 1 atom stereocenters. The van der Waals surface area contributed by atoms with Crippen LogP contribution in [0.1, 0.15) is 25.5 Å². The van der Waals surface area contributed by atoms with E-state index < -0.39 is 12.0 Å². The quantitative estimate of drug-likeness (QED) is 0.544. The van der Waals surface area contributed by atoms with Crippen LogP contribution in [0.15, 0.2) is 48.7 Å². The average Bonchev–Trinajstić information content (AvgIpc) is 3.17. The first-order chi connectivity index (χ1) is 15.3. The summed E-state index contributed by atoms with van der Waals surface area (Å²) in [6.07, 6.45) is 1.74. The molecule has 1 saturated heterocycles. The number of hydrogen-bond acceptors (Lipinski definition) is 4. The molecule has 0 saturated carbocycles. The van der Waals surface area contributed by atoms with Crippen LogP contribution in [0.4, 0.5) is 15.8 Å². The molecular formula is C24H27FN4O3. The lowest BCUT2D eigenvalue weighted by molar-refractivity contribution is -0.143. The zero-order chi connectivity index (χ0) is 22.8. The van der Waals surface area contributed by atoms with Gasteiger partial charge in [0.25, 0.3) is 0 Å². The Labute approximate surface area is 185 Å². The molecule has 1 fully saturated rings. The molecular weight excluding hydrogens is 411 g/mol. The van der Waals surface area contributed by atoms with Crippen molar-refractivity contribution in [3.05, 3.63) is 60.0 Å². The van der Waals surface area contributed by atoms with Crippen LogP contribution in [0.25, 0.3) is 10.9 Å². The number of H-pyrrole nitrogens is 1. The van der Waals surface area contributed by atoms with Crippen LogP contribution in [-0.4, -0.2) is 53.0 Å². The highest BCUT2D eigenvalue weighted by molar-refractivity contribution is 5.96. The standard InChI is InChI=1S/C24H27FN4O3/c1-15(2)23(30)27-17-5-8-21-19(13-17)20(14-26-21)22(24(31)32)29-11-9-28(10-12-29)18-6-3-16(25)4-7-18/h3-8,13-15,22,26H,9-12H2,1-2H3,(H,27,30)(H,31,32). The maximum Gasteiger partial charge on any atom is 0.325 e. The second-order valence-electron chi connectivity index (χ2n) is 8.39. The molecule has 2 heterocycles. The van der Waals surface area contributed by atoms with Gasteiger partial charge in [-0.2, -0.15) is 0 Å². The Hall–Kier alpha value is -3.39. The lowest BCUT2D eigenvalue weighted by Gasteiger charge is -2.38. The van der Waals surface area contributed by atoms with E-state index in [0.29, 0.717) is 37.4 Å². The van der Waals surface area contributed by atoms with Gasteiger partial charge in [0.15, 0.2) is 0 Å². The number of aliphatic carboxylic acids is 1. The molecule has 7 nitrogen and oxygen atoms in total. The summed E-state index contributed by atoms with van der Waals surface area (Å²) in [5.41, 5.74) is 3.06. The van der Waals surface area contributed by atoms with E-state index in [1.54, 1.807) is 24.4 Å². The molecule has 1 aromatic heterocycles. The summed E-state index contributed by atoms with van der Waals surface area (Å²) in [6.45, 7) is 6.06. The highest BCUT2D eigenvalue weighted by Crippen LogP contribution is 2.32. The number of aromatic amines is 1. The van der Waals surface area contributed by atoms with E-state index in [0.717, 1.165) is 16.6 Å². The predicted octanol–water partition coefficient (Wildman–Crippen LogP) is 3.85. The van der Waals surface area contributed by atoms with Gasteiger partial charge in [-0.05, 0) is 42.5 Å². The number of piperazine rings is 1. The Balaban J connectivity index is 1.56. The number of anilines is 2. The van der Waals surface area contributed by atoms with Gasteiger partial charge in [-0.15, -0.1) is 0 Å². The van der Waals surface area contributed by atoms with Crippen LogP contribution < -0.4 is 10.2 Å². The molecule has 0 aliphatic carbocycles. The normalized spacial score (nSPS) is 15.8. The van der Waals surface area contributed by atoms with E-state index in [-0.39, 0.29) is 17.6 Å². The Morgan fingerprint density at radius 1 is 1.06 bits per heavy atom. The Bertz CT molecular complexity index is 1120. The van der Waals surface area contributed by atoms with Gasteiger partial charge in [0.05, 0.1) is 0 Å². The number of carboxylic acid groups (broad SMARTS) is 1. The summed E-state index contributed by atoms with van der Waals surface area (Å²) in [6, 6.07) is 11.0. The molecule has 1 amide bonds. The van der Waals surface area contributed by atoms with Gasteiger partial charge in [-0.1, -0.05) is 13.8 Å². The first-order valence-corrected chi connectivity index (χ1v) is 10.7. The Kier molecular flexibility index (Phi) is 6.14. The minimum Gasteiger partial charge on any atom is -0.480 e. The highest BCUT2D eigenvalue weighted by Gasteiger charge is 2.32. The minimum atomic E-state index is -0.919. The highest BCUT2D eigenvalue weighted by atomic mass is 19.1. The second kappa shape index (κ2) is 9.00. The number of carboxylic acids is 1. The molecule has 1 aliphatic rings. The SMILES string of the molecule is CC(C)C(=O)Nc1ccc2[nH]cc(C(C(=O)O)N3CCN(c4ccc(F)cc4)CC3)c2c1. The van der Waals surface area contributed by atoms with Crippen molar-refractivity contribution in [3.63, 3.8) is 0 Å². The summed E-state index contributed by atoms with van der Waals surface area (Å²) in [5, 5.41) is 13.7. The van der Waals surface area contributed by atoms with E-state index in [2.05, 4.69) is 15.2 Å². The molecule has 32 heavy (non-hydrogen) atoms. The number of rotatable bonds is 6. The van der Waals surface area contributed by atoms with Crippen molar-refractivity contribution in [1.82, 2.24) is 9.88 Å². The largest absolute Gasteiger partial charge is 0.480 e. The topological polar surface area (TPSA) is 88.7 Å². The minimum absolute atomic E-state index is 0.0897. The molecule has 4 rings (SSSR count). The van der Waals surface area contributed by atoms with Gasteiger partial charge in [-0.3, -0.25) is 14.5 Å². The first kappa shape index (κ1) is 21.8. The van der Waals surface area contributed by atoms with Gasteiger partial charge in [0, 0.05) is 66.1 Å². The van der Waals surface area contributed by atoms with Crippen molar-refractivity contribution in [2.75, 3.05) is 36.4 Å². The molecule has 1 aliphatic heterocycles. The summed E-state index contributed by atoms with van der Waals surface area (Å²) in [7, 11) is 0. The van der Waals surface area contributed by atoms with Gasteiger partial charge >= 0.3 is 5.97 Å². The molecule has 8 heteroatoms. The maximum absolute atomic E-state index is 13.2. The number of nitrogens with one attached hydrogen (secondary N) is 2. The van der Waals surface area contributed by atoms with E-state index >= 15 is 0 Å². The number of aromatic nitrogens is 1. The van der Waals surface area contributed by atoms with Crippen molar-refractivity contribution in [2.24, 2.45) is 5.92 Å². The van der Waals surface area contributed by atoms with E-state index in [4.69, 9.17) is 0 Å². The maximum atomic E-state index is 13.2. The van der Waals surface area contributed by atoms with Crippen molar-refractivity contribution >= 4 is 34.2 Å². The summed E-state index contributed by atoms with van der Waals surface area (Å²) in [5.74, 6) is -1.44. The van der Waals surface area contributed by atoms with Crippen LogP contribution in [0.2, 0.25) is 0 Å². The van der Waals surface area contributed by atoms with Crippen LogP contribution in [-0.2, 0) is 9.59 Å². The zero-order valence-corrected chi connectivity index (χ0v) is 18.1. The molecule has 1 unspecified atom stereocenters. The molecule has 0 spiro atoms. The Morgan fingerprint density at radius 2 is 1.75 bits per heavy atom. The lowest BCUT2D eigenvalue weighted by Crippen LogP contribution is -2.49. The van der Waals surface area contributed by atoms with Gasteiger partial charge in [-0.25, -0.2) is 4.39 Å². The van der Waals surface area contributed by atoms with Crippen LogP contribution in [0.5, 0.6) is 0 Å². The predicted molar refractivity (Wildman–Crippen MR) is 122 cm³/mol. The number of nitrogens with zero attached hydrogens (tertiary/aromatic N) is 2. The number of benzene rings is 2. The van der Waals surface area contributed by atoms with Crippen LogP contribution in [0, 0.1) is 11.7 Å². The fourth-order valence-electron chi connectivity index (χ4n) is 4.11. The third-order valence-electron chi connectivity index (χ3n) is 5.91. The van der Waals surface area contributed by atoms with Crippen LogP contribution >= 0.6 is 0 Å². The number of carbonyl (C=O) groups excluding carboxylic acids is 1. The fourth-order valence-corrected chi connectivity index (χ4v) is 4.11. The van der Waals surface area contributed by atoms with E-state index in [1.807, 2.05) is 30.9 Å². The van der Waals surface area contributed by atoms with E-state index in [1.165, 1.54) is 12.1 Å². The number of carbonyl (C=O) groups is 2. The first-order valence-electron chi connectivity index (χ1n) is 10.7. The smallest absolute Gasteiger partial charge is 0.325 e. The second-order valence-corrected chi connectivity index (χ2v) is 8.39. The van der Waals surface area contributed by atoms with Crippen molar-refractivity contribution in [2.45, 2.75) is 19.9 Å². The number of fused-ring (bicyclic) bond motifs is 1. The molecule has 3 N–H and O–H groups in total.